The maximum atomic E-state index is 12.0. The highest BCUT2D eigenvalue weighted by atomic mass is 16.1. The molecule has 0 radical (unpaired) electrons. The third-order valence-electron chi connectivity index (χ3n) is 4.24. The van der Waals surface area contributed by atoms with Crippen molar-refractivity contribution in [2.24, 2.45) is 0 Å². The molecule has 136 valence electrons. The van der Waals surface area contributed by atoms with Gasteiger partial charge in [0.25, 0.3) is 0 Å². The first-order valence-electron chi connectivity index (χ1n) is 8.99. The number of rotatable bonds is 8. The van der Waals surface area contributed by atoms with Crippen LogP contribution < -0.4 is 10.6 Å². The summed E-state index contributed by atoms with van der Waals surface area (Å²) in [6.07, 6.45) is 4.08. The van der Waals surface area contributed by atoms with Gasteiger partial charge < -0.3 is 15.6 Å². The maximum Gasteiger partial charge on any atom is 0.223 e. The Kier molecular flexibility index (Phi) is 5.84. The number of anilines is 1. The van der Waals surface area contributed by atoms with Gasteiger partial charge in [-0.05, 0) is 44.4 Å². The van der Waals surface area contributed by atoms with Gasteiger partial charge in [-0.25, -0.2) is 9.97 Å². The standard InChI is InChI=1S/C20H25N5O/c1-14-12-15(2)25-20(24-14)22-10-5-8-19(26)21-11-9-16-13-23-18-7-4-3-6-17(16)18/h3-4,6-7,12-13,23H,5,8-11H2,1-2H3,(H,21,26)(H,22,24,25). The number of nitrogens with one attached hydrogen (secondary N) is 3. The third kappa shape index (κ3) is 4.81. The Morgan fingerprint density at radius 1 is 1.12 bits per heavy atom. The van der Waals surface area contributed by atoms with Crippen molar-refractivity contribution < 1.29 is 4.79 Å². The largest absolute Gasteiger partial charge is 0.361 e. The van der Waals surface area contributed by atoms with Crippen molar-refractivity contribution in [3.05, 3.63) is 53.5 Å². The monoisotopic (exact) mass is 351 g/mol. The molecular formula is C20H25N5O. The van der Waals surface area contributed by atoms with Crippen molar-refractivity contribution in [1.82, 2.24) is 20.3 Å². The van der Waals surface area contributed by atoms with E-state index >= 15 is 0 Å². The topological polar surface area (TPSA) is 82.7 Å². The Bertz CT molecular complexity index is 867. The number of aryl methyl sites for hydroxylation is 2. The first-order valence-corrected chi connectivity index (χ1v) is 8.99. The number of hydrogen-bond donors (Lipinski definition) is 3. The van der Waals surface area contributed by atoms with Gasteiger partial charge in [-0.3, -0.25) is 4.79 Å². The van der Waals surface area contributed by atoms with Gasteiger partial charge in [0.05, 0.1) is 0 Å². The first-order chi connectivity index (χ1) is 12.6. The lowest BCUT2D eigenvalue weighted by molar-refractivity contribution is -0.121. The normalized spacial score (nSPS) is 10.8. The molecule has 0 saturated heterocycles. The first kappa shape index (κ1) is 17.9. The second-order valence-electron chi connectivity index (χ2n) is 6.46. The minimum Gasteiger partial charge on any atom is -0.361 e. The quantitative estimate of drug-likeness (QED) is 0.545. The second-order valence-corrected chi connectivity index (χ2v) is 6.46. The molecule has 26 heavy (non-hydrogen) atoms. The Labute approximate surface area is 153 Å². The van der Waals surface area contributed by atoms with Crippen molar-refractivity contribution in [2.45, 2.75) is 33.1 Å². The number of carbonyl (C=O) groups excluding carboxylic acids is 1. The molecule has 0 spiro atoms. The summed E-state index contributed by atoms with van der Waals surface area (Å²) in [5.74, 6) is 0.704. The van der Waals surface area contributed by atoms with Crippen molar-refractivity contribution in [1.29, 1.82) is 0 Å². The van der Waals surface area contributed by atoms with Crippen LogP contribution in [-0.2, 0) is 11.2 Å². The van der Waals surface area contributed by atoms with E-state index in [9.17, 15) is 4.79 Å². The molecule has 3 aromatic rings. The molecule has 0 atom stereocenters. The van der Waals surface area contributed by atoms with E-state index in [4.69, 9.17) is 0 Å². The van der Waals surface area contributed by atoms with Gasteiger partial charge in [-0.15, -0.1) is 0 Å². The minimum atomic E-state index is 0.0768. The van der Waals surface area contributed by atoms with Crippen LogP contribution >= 0.6 is 0 Å². The Morgan fingerprint density at radius 2 is 1.88 bits per heavy atom. The van der Waals surface area contributed by atoms with Gasteiger partial charge in [-0.1, -0.05) is 18.2 Å². The maximum absolute atomic E-state index is 12.0. The molecule has 2 aromatic heterocycles. The van der Waals surface area contributed by atoms with Crippen molar-refractivity contribution in [3.63, 3.8) is 0 Å². The average molecular weight is 351 g/mol. The molecule has 0 fully saturated rings. The smallest absolute Gasteiger partial charge is 0.223 e. The van der Waals surface area contributed by atoms with E-state index in [-0.39, 0.29) is 5.91 Å². The highest BCUT2D eigenvalue weighted by molar-refractivity contribution is 5.83. The summed E-state index contributed by atoms with van der Waals surface area (Å²) in [7, 11) is 0. The van der Waals surface area contributed by atoms with Crippen molar-refractivity contribution in [2.75, 3.05) is 18.4 Å². The Balaban J connectivity index is 1.35. The summed E-state index contributed by atoms with van der Waals surface area (Å²) in [6, 6.07) is 10.1. The Morgan fingerprint density at radius 3 is 2.69 bits per heavy atom. The van der Waals surface area contributed by atoms with Crippen LogP contribution in [0.2, 0.25) is 0 Å². The fourth-order valence-corrected chi connectivity index (χ4v) is 3.02. The second kappa shape index (κ2) is 8.47. The summed E-state index contributed by atoms with van der Waals surface area (Å²) >= 11 is 0. The Hall–Kier alpha value is -2.89. The van der Waals surface area contributed by atoms with E-state index in [1.165, 1.54) is 10.9 Å². The average Bonchev–Trinajstić information content (AvgIpc) is 3.01. The molecule has 0 bridgehead atoms. The molecule has 6 nitrogen and oxygen atoms in total. The fourth-order valence-electron chi connectivity index (χ4n) is 3.02. The van der Waals surface area contributed by atoms with Crippen LogP contribution in [-0.4, -0.2) is 33.9 Å². The number of H-pyrrole nitrogens is 1. The van der Waals surface area contributed by atoms with Crippen molar-refractivity contribution >= 4 is 22.8 Å². The number of carbonyl (C=O) groups is 1. The van der Waals surface area contributed by atoms with Crippen LogP contribution in [0.25, 0.3) is 10.9 Å². The molecule has 0 aliphatic rings. The van der Waals surface area contributed by atoms with E-state index < -0.39 is 0 Å². The molecule has 0 unspecified atom stereocenters. The van der Waals surface area contributed by atoms with Gasteiger partial charge in [0.15, 0.2) is 0 Å². The van der Waals surface area contributed by atoms with Crippen LogP contribution in [0.3, 0.4) is 0 Å². The van der Waals surface area contributed by atoms with Crippen LogP contribution in [0.5, 0.6) is 0 Å². The van der Waals surface area contributed by atoms with E-state index in [0.29, 0.717) is 25.5 Å². The number of aromatic nitrogens is 3. The van der Waals surface area contributed by atoms with E-state index in [2.05, 4.69) is 37.7 Å². The molecule has 6 heteroatoms. The SMILES string of the molecule is Cc1cc(C)nc(NCCCC(=O)NCCc2c[nH]c3ccccc23)n1. The number of nitrogens with zero attached hydrogens (tertiary/aromatic N) is 2. The molecule has 0 aliphatic carbocycles. The zero-order valence-corrected chi connectivity index (χ0v) is 15.3. The fraction of sp³-hybridized carbons (Fsp3) is 0.350. The van der Waals surface area contributed by atoms with E-state index in [1.807, 2.05) is 38.2 Å². The predicted octanol–water partition coefficient (Wildman–Crippen LogP) is 3.13. The lowest BCUT2D eigenvalue weighted by atomic mass is 10.1. The molecule has 1 amide bonds. The highest BCUT2D eigenvalue weighted by Gasteiger charge is 2.05. The number of amides is 1. The molecule has 1 aromatic carbocycles. The highest BCUT2D eigenvalue weighted by Crippen LogP contribution is 2.17. The van der Waals surface area contributed by atoms with Gasteiger partial charge in [-0.2, -0.15) is 0 Å². The van der Waals surface area contributed by atoms with Gasteiger partial charge in [0.2, 0.25) is 11.9 Å². The minimum absolute atomic E-state index is 0.0768. The number of hydrogen-bond acceptors (Lipinski definition) is 4. The molecule has 3 N–H and O–H groups in total. The number of aromatic amines is 1. The lowest BCUT2D eigenvalue weighted by Gasteiger charge is -2.07. The van der Waals surface area contributed by atoms with Gasteiger partial charge >= 0.3 is 0 Å². The van der Waals surface area contributed by atoms with E-state index in [0.717, 1.165) is 29.7 Å². The zero-order valence-electron chi connectivity index (χ0n) is 15.3. The molecule has 0 aliphatic heterocycles. The lowest BCUT2D eigenvalue weighted by Crippen LogP contribution is -2.26. The third-order valence-corrected chi connectivity index (χ3v) is 4.24. The van der Waals surface area contributed by atoms with Crippen molar-refractivity contribution in [3.8, 4) is 0 Å². The zero-order chi connectivity index (χ0) is 18.4. The van der Waals surface area contributed by atoms with Crippen LogP contribution in [0.15, 0.2) is 36.5 Å². The number of benzene rings is 1. The van der Waals surface area contributed by atoms with Crippen LogP contribution in [0.4, 0.5) is 5.95 Å². The van der Waals surface area contributed by atoms with Gasteiger partial charge in [0, 0.05) is 48.0 Å². The summed E-state index contributed by atoms with van der Waals surface area (Å²) in [6.45, 7) is 5.22. The van der Waals surface area contributed by atoms with E-state index in [1.54, 1.807) is 0 Å². The van der Waals surface area contributed by atoms with Crippen LogP contribution in [0, 0.1) is 13.8 Å². The summed E-state index contributed by atoms with van der Waals surface area (Å²) in [4.78, 5) is 23.9. The summed E-state index contributed by atoms with van der Waals surface area (Å²) in [5.41, 5.74) is 4.24. The molecule has 0 saturated carbocycles. The molecular weight excluding hydrogens is 326 g/mol. The van der Waals surface area contributed by atoms with Gasteiger partial charge in [0.1, 0.15) is 0 Å². The summed E-state index contributed by atoms with van der Waals surface area (Å²) in [5, 5.41) is 7.39. The number of para-hydroxylation sites is 1. The molecule has 2 heterocycles. The predicted molar refractivity (Wildman–Crippen MR) is 104 cm³/mol. The van der Waals surface area contributed by atoms with Crippen LogP contribution in [0.1, 0.15) is 29.8 Å². The number of fused-ring (bicyclic) bond motifs is 1. The molecule has 3 rings (SSSR count). The summed E-state index contributed by atoms with van der Waals surface area (Å²) < 4.78 is 0.